The van der Waals surface area contributed by atoms with Gasteiger partial charge in [-0.05, 0) is 99.1 Å². The van der Waals surface area contributed by atoms with Crippen LogP contribution in [0.2, 0.25) is 0 Å². The van der Waals surface area contributed by atoms with Crippen LogP contribution in [-0.4, -0.2) is 139 Å². The van der Waals surface area contributed by atoms with Gasteiger partial charge in [0.15, 0.2) is 23.0 Å². The van der Waals surface area contributed by atoms with Crippen LogP contribution in [0.3, 0.4) is 0 Å². The molecule has 0 aliphatic carbocycles. The molecule has 2 aliphatic rings. The normalized spacial score (nSPS) is 17.8. The van der Waals surface area contributed by atoms with E-state index in [1.54, 1.807) is 45.0 Å². The molecule has 2 N–H and O–H groups in total. The highest BCUT2D eigenvalue weighted by Crippen LogP contribution is 2.37. The van der Waals surface area contributed by atoms with E-state index in [1.165, 1.54) is 85.4 Å². The molecule has 4 amide bonds. The van der Waals surface area contributed by atoms with Gasteiger partial charge >= 0.3 is 23.6 Å². The van der Waals surface area contributed by atoms with Crippen molar-refractivity contribution in [2.75, 3.05) is 49.4 Å². The molecule has 21 heteroatoms. The minimum Gasteiger partial charge on any atom is -0.501 e. The first kappa shape index (κ1) is 56.8. The minimum absolute atomic E-state index is 0.0295. The summed E-state index contributed by atoms with van der Waals surface area (Å²) in [4.78, 5) is 117. The SMILES string of the molecule is CO[C@]1(C)CC[C@@H](N(C)C(=O)C(=O)N(C)C)c2nc(C(=O)CCc3ccc(F)c(C)c3)c(O)c(=O)n2C1.Cc1cc(CCC(=O)c2nc3n(c(=O)c2O)CC(C)(C)CC[C@@H]3N(C)C(=O)C(=O)N(C)C)ccc1F. The van der Waals surface area contributed by atoms with Gasteiger partial charge in [-0.2, -0.15) is 0 Å². The summed E-state index contributed by atoms with van der Waals surface area (Å²) >= 11 is 0. The molecule has 4 heterocycles. The number of carbonyl (C=O) groups is 6. The Bertz CT molecular complexity index is 2950. The second kappa shape index (κ2) is 22.7. The van der Waals surface area contributed by atoms with Crippen LogP contribution in [-0.2, 0) is 49.8 Å². The van der Waals surface area contributed by atoms with E-state index in [2.05, 4.69) is 9.97 Å². The van der Waals surface area contributed by atoms with E-state index in [1.807, 2.05) is 13.8 Å². The summed E-state index contributed by atoms with van der Waals surface area (Å²) in [5.41, 5.74) is -1.18. The molecule has 0 saturated heterocycles. The number of amides is 4. The Labute approximate surface area is 422 Å². The van der Waals surface area contributed by atoms with Crippen molar-refractivity contribution in [3.63, 3.8) is 0 Å². The van der Waals surface area contributed by atoms with Gasteiger partial charge in [-0.25, -0.2) is 18.7 Å². The number of likely N-dealkylation sites (N-methyl/N-ethyl adjacent to an activating group) is 4. The zero-order chi connectivity index (χ0) is 54.6. The monoisotopic (exact) mass is 1020 g/mol. The lowest BCUT2D eigenvalue weighted by Gasteiger charge is -2.28. The Hall–Kier alpha value is -7.16. The maximum Gasteiger partial charge on any atom is 0.312 e. The van der Waals surface area contributed by atoms with E-state index in [0.29, 0.717) is 36.8 Å². The van der Waals surface area contributed by atoms with Crippen molar-refractivity contribution in [1.82, 2.24) is 38.7 Å². The smallest absolute Gasteiger partial charge is 0.312 e. The van der Waals surface area contributed by atoms with Gasteiger partial charge < -0.3 is 34.5 Å². The second-order valence-corrected chi connectivity index (χ2v) is 20.3. The second-order valence-electron chi connectivity index (χ2n) is 20.3. The van der Waals surface area contributed by atoms with Crippen molar-refractivity contribution in [3.05, 3.63) is 114 Å². The molecule has 0 bridgehead atoms. The third kappa shape index (κ3) is 12.7. The molecule has 19 nitrogen and oxygen atoms in total. The predicted octanol–water partition coefficient (Wildman–Crippen LogP) is 4.62. The molecule has 0 fully saturated rings. The molecule has 4 aromatic rings. The number of ketones is 2. The maximum atomic E-state index is 13.6. The van der Waals surface area contributed by atoms with Gasteiger partial charge in [0.2, 0.25) is 11.5 Å². The molecule has 3 atom stereocenters. The predicted molar refractivity (Wildman–Crippen MR) is 264 cm³/mol. The van der Waals surface area contributed by atoms with Crippen molar-refractivity contribution < 1.29 is 52.5 Å². The number of ether oxygens (including phenoxy) is 1. The van der Waals surface area contributed by atoms with Crippen LogP contribution in [0.5, 0.6) is 11.5 Å². The van der Waals surface area contributed by atoms with E-state index in [9.17, 15) is 57.4 Å². The summed E-state index contributed by atoms with van der Waals surface area (Å²) in [6.45, 7) is 9.21. The highest BCUT2D eigenvalue weighted by atomic mass is 19.1. The lowest BCUT2D eigenvalue weighted by atomic mass is 9.87. The Kier molecular flexibility index (Phi) is 17.7. The number of methoxy groups -OCH3 is 1. The fourth-order valence-corrected chi connectivity index (χ4v) is 8.82. The van der Waals surface area contributed by atoms with E-state index in [4.69, 9.17) is 4.74 Å². The molecule has 73 heavy (non-hydrogen) atoms. The van der Waals surface area contributed by atoms with Crippen molar-refractivity contribution in [2.45, 2.75) is 117 Å². The van der Waals surface area contributed by atoms with Crippen LogP contribution >= 0.6 is 0 Å². The number of Topliss-reactive ketones (excluding diaryl/α,β-unsaturated/α-hetero) is 2. The van der Waals surface area contributed by atoms with Crippen LogP contribution in [0.15, 0.2) is 46.0 Å². The number of aryl methyl sites for hydroxylation is 4. The summed E-state index contributed by atoms with van der Waals surface area (Å²) in [6.07, 6.45) is 2.12. The molecule has 394 valence electrons. The fraction of sp³-hybridized carbons (Fsp3) is 0.500. The Balaban J connectivity index is 0.000000271. The van der Waals surface area contributed by atoms with Gasteiger partial charge in [0.05, 0.1) is 24.2 Å². The number of benzene rings is 2. The summed E-state index contributed by atoms with van der Waals surface area (Å²) in [7, 11) is 10.3. The number of aromatic nitrogens is 4. The number of carbonyl (C=O) groups excluding carboxylic acids is 6. The largest absolute Gasteiger partial charge is 0.501 e. The van der Waals surface area contributed by atoms with Crippen LogP contribution in [0.25, 0.3) is 0 Å². The topological polar surface area (TPSA) is 235 Å². The Morgan fingerprint density at radius 3 is 1.40 bits per heavy atom. The molecular formula is C52H66F2N8O11. The molecule has 0 unspecified atom stereocenters. The van der Waals surface area contributed by atoms with E-state index in [0.717, 1.165) is 16.0 Å². The third-order valence-corrected chi connectivity index (χ3v) is 13.6. The number of hydrogen-bond donors (Lipinski definition) is 2. The quantitative estimate of drug-likeness (QED) is 0.154. The fourth-order valence-electron chi connectivity index (χ4n) is 8.82. The molecule has 0 spiro atoms. The third-order valence-electron chi connectivity index (χ3n) is 13.6. The number of halogens is 2. The van der Waals surface area contributed by atoms with Gasteiger partial charge in [0.1, 0.15) is 23.3 Å². The van der Waals surface area contributed by atoms with Crippen molar-refractivity contribution in [1.29, 1.82) is 0 Å². The average molecular weight is 1020 g/mol. The molecule has 0 radical (unpaired) electrons. The van der Waals surface area contributed by atoms with Crippen molar-refractivity contribution >= 4 is 35.2 Å². The van der Waals surface area contributed by atoms with Crippen LogP contribution in [0, 0.1) is 30.9 Å². The summed E-state index contributed by atoms with van der Waals surface area (Å²) < 4.78 is 35.3. The number of aromatic hydroxyl groups is 2. The number of rotatable bonds is 11. The Morgan fingerprint density at radius 1 is 0.644 bits per heavy atom. The molecule has 6 rings (SSSR count). The Morgan fingerprint density at radius 2 is 1.03 bits per heavy atom. The van der Waals surface area contributed by atoms with E-state index >= 15 is 0 Å². The van der Waals surface area contributed by atoms with E-state index in [-0.39, 0.29) is 73.2 Å². The van der Waals surface area contributed by atoms with Gasteiger partial charge in [0, 0.05) is 68.8 Å². The lowest BCUT2D eigenvalue weighted by molar-refractivity contribution is -0.151. The first-order valence-corrected chi connectivity index (χ1v) is 23.8. The number of nitrogens with zero attached hydrogens (tertiary/aromatic N) is 8. The highest BCUT2D eigenvalue weighted by Gasteiger charge is 2.40. The summed E-state index contributed by atoms with van der Waals surface area (Å²) in [6, 6.07) is 7.49. The van der Waals surface area contributed by atoms with Crippen molar-refractivity contribution in [2.24, 2.45) is 5.41 Å². The molecule has 2 aromatic carbocycles. The van der Waals surface area contributed by atoms with Gasteiger partial charge in [-0.1, -0.05) is 38.1 Å². The van der Waals surface area contributed by atoms with Gasteiger partial charge in [-0.15, -0.1) is 0 Å². The average Bonchev–Trinajstić information content (AvgIpc) is 3.59. The minimum atomic E-state index is -0.832. The lowest BCUT2D eigenvalue weighted by Crippen LogP contribution is -2.43. The van der Waals surface area contributed by atoms with E-state index < -0.39 is 81.2 Å². The highest BCUT2D eigenvalue weighted by molar-refractivity contribution is 6.35. The summed E-state index contributed by atoms with van der Waals surface area (Å²) in [5.74, 6) is -6.14. The van der Waals surface area contributed by atoms with Crippen LogP contribution in [0.4, 0.5) is 8.78 Å². The van der Waals surface area contributed by atoms with Gasteiger partial charge in [0.25, 0.3) is 11.1 Å². The van der Waals surface area contributed by atoms with Crippen molar-refractivity contribution in [3.8, 4) is 11.5 Å². The van der Waals surface area contributed by atoms with Crippen LogP contribution in [0.1, 0.15) is 126 Å². The zero-order valence-electron chi connectivity index (χ0n) is 43.6. The zero-order valence-corrected chi connectivity index (χ0v) is 43.6. The van der Waals surface area contributed by atoms with Gasteiger partial charge in [-0.3, -0.25) is 47.5 Å². The number of hydrogen-bond acceptors (Lipinski definition) is 13. The number of fused-ring (bicyclic) bond motifs is 2. The first-order chi connectivity index (χ1) is 34.0. The molecule has 0 saturated carbocycles. The maximum absolute atomic E-state index is 13.6. The molecule has 2 aromatic heterocycles. The first-order valence-electron chi connectivity index (χ1n) is 23.8. The summed E-state index contributed by atoms with van der Waals surface area (Å²) in [5, 5.41) is 21.3. The molecular weight excluding hydrogens is 951 g/mol. The molecule has 2 aliphatic heterocycles. The standard InChI is InChI=1S/C26H33FN4O6.C26H33FN4O5/c1-15-13-16(7-9-17(15)27)8-10-19(32)20-21(33)23(34)31-14-26(2,37-6)12-11-18(22(31)28-20)30(5)25(36)24(35)29(3)4;1-15-13-16(7-9-17(15)27)8-10-19(32)20-21(33)23(34)31-14-26(2,3)12-11-18(22(31)28-20)30(6)25(36)24(35)29(4)5/h7,9,13,18,33H,8,10-12,14H2,1-6H3;7,9,13,18,33H,8,10-12,14H2,1-6H3/t18-,26-;18-/m10/s1. The van der Waals surface area contributed by atoms with Crippen LogP contribution < -0.4 is 11.1 Å².